The maximum Gasteiger partial charge on any atom is 0.248 e. The van der Waals surface area contributed by atoms with Crippen LogP contribution in [-0.4, -0.2) is 48.9 Å². The quantitative estimate of drug-likeness (QED) is 0.802. The molecule has 2 amide bonds. The van der Waals surface area contributed by atoms with Crippen LogP contribution in [0.3, 0.4) is 0 Å². The number of carbonyl (C=O) groups is 2. The molecule has 0 spiro atoms. The van der Waals surface area contributed by atoms with Crippen LogP contribution in [0.25, 0.3) is 0 Å². The minimum atomic E-state index is -0.623. The molecule has 0 unspecified atom stereocenters. The Morgan fingerprint density at radius 2 is 1.74 bits per heavy atom. The number of carbonyl (C=O) groups excluding carboxylic acids is 2. The minimum Gasteiger partial charge on any atom is -0.342 e. The monoisotopic (exact) mass is 345 g/mol. The van der Waals surface area contributed by atoms with Gasteiger partial charge in [-0.2, -0.15) is 0 Å². The standard InChI is InChI=1S/C17H31N3O2.ClH/c1-14(21)19-17(9-4-3-5-10-17)16(22)20-12-7-15(8-13-20)6-11-18-2;/h15,18H,3-13H2,1-2H3,(H,19,21);1H. The summed E-state index contributed by atoms with van der Waals surface area (Å²) < 4.78 is 0. The van der Waals surface area contributed by atoms with E-state index in [4.69, 9.17) is 0 Å². The summed E-state index contributed by atoms with van der Waals surface area (Å²) in [4.78, 5) is 26.6. The van der Waals surface area contributed by atoms with E-state index in [-0.39, 0.29) is 24.2 Å². The van der Waals surface area contributed by atoms with E-state index in [0.717, 1.165) is 64.1 Å². The average molecular weight is 346 g/mol. The fourth-order valence-electron chi connectivity index (χ4n) is 3.96. The SMILES string of the molecule is CNCCC1CCN(C(=O)C2(NC(C)=O)CCCCC2)CC1.Cl. The van der Waals surface area contributed by atoms with Crippen molar-refractivity contribution in [2.24, 2.45) is 5.92 Å². The van der Waals surface area contributed by atoms with Gasteiger partial charge in [-0.1, -0.05) is 19.3 Å². The molecule has 0 aromatic heterocycles. The third-order valence-corrected chi connectivity index (χ3v) is 5.24. The summed E-state index contributed by atoms with van der Waals surface area (Å²) in [5, 5.41) is 6.20. The van der Waals surface area contributed by atoms with Crippen molar-refractivity contribution < 1.29 is 9.59 Å². The van der Waals surface area contributed by atoms with Crippen LogP contribution in [0.15, 0.2) is 0 Å². The highest BCUT2D eigenvalue weighted by molar-refractivity contribution is 5.91. The van der Waals surface area contributed by atoms with Gasteiger partial charge in [-0.25, -0.2) is 0 Å². The highest BCUT2D eigenvalue weighted by atomic mass is 35.5. The van der Waals surface area contributed by atoms with Gasteiger partial charge in [-0.3, -0.25) is 9.59 Å². The van der Waals surface area contributed by atoms with Crippen molar-refractivity contribution in [2.75, 3.05) is 26.7 Å². The third kappa shape index (κ3) is 5.35. The van der Waals surface area contributed by atoms with Crippen molar-refractivity contribution in [3.05, 3.63) is 0 Å². The second-order valence-corrected chi connectivity index (χ2v) is 6.95. The molecule has 6 heteroatoms. The number of rotatable bonds is 5. The number of nitrogens with one attached hydrogen (secondary N) is 2. The number of likely N-dealkylation sites (tertiary alicyclic amines) is 1. The summed E-state index contributed by atoms with van der Waals surface area (Å²) in [6.07, 6.45) is 8.19. The first-order chi connectivity index (χ1) is 10.6. The van der Waals surface area contributed by atoms with E-state index in [9.17, 15) is 9.59 Å². The Labute approximate surface area is 146 Å². The number of halogens is 1. The van der Waals surface area contributed by atoms with Crippen LogP contribution in [0.1, 0.15) is 58.3 Å². The van der Waals surface area contributed by atoms with Gasteiger partial charge >= 0.3 is 0 Å². The van der Waals surface area contributed by atoms with Gasteiger partial charge < -0.3 is 15.5 Å². The smallest absolute Gasteiger partial charge is 0.248 e. The zero-order valence-electron chi connectivity index (χ0n) is 14.5. The Kier molecular flexibility index (Phi) is 8.34. The van der Waals surface area contributed by atoms with E-state index >= 15 is 0 Å². The van der Waals surface area contributed by atoms with Crippen molar-refractivity contribution in [1.82, 2.24) is 15.5 Å². The van der Waals surface area contributed by atoms with E-state index in [1.165, 1.54) is 19.8 Å². The number of hydrogen-bond donors (Lipinski definition) is 2. The van der Waals surface area contributed by atoms with Gasteiger partial charge in [-0.15, -0.1) is 12.4 Å². The fraction of sp³-hybridized carbons (Fsp3) is 0.882. The molecule has 0 aromatic carbocycles. The van der Waals surface area contributed by atoms with Crippen LogP contribution < -0.4 is 10.6 Å². The second kappa shape index (κ2) is 9.48. The van der Waals surface area contributed by atoms with Crippen LogP contribution in [-0.2, 0) is 9.59 Å². The summed E-state index contributed by atoms with van der Waals surface area (Å²) in [5.74, 6) is 0.799. The minimum absolute atomic E-state index is 0. The van der Waals surface area contributed by atoms with Gasteiger partial charge in [0.25, 0.3) is 0 Å². The lowest BCUT2D eigenvalue weighted by Gasteiger charge is -2.42. The molecule has 23 heavy (non-hydrogen) atoms. The third-order valence-electron chi connectivity index (χ3n) is 5.24. The van der Waals surface area contributed by atoms with Crippen molar-refractivity contribution >= 4 is 24.2 Å². The Bertz CT molecular complexity index is 389. The zero-order chi connectivity index (χ0) is 16.0. The predicted octanol–water partition coefficient (Wildman–Crippen LogP) is 2.10. The zero-order valence-corrected chi connectivity index (χ0v) is 15.3. The van der Waals surface area contributed by atoms with Crippen LogP contribution >= 0.6 is 12.4 Å². The topological polar surface area (TPSA) is 61.4 Å². The second-order valence-electron chi connectivity index (χ2n) is 6.95. The van der Waals surface area contributed by atoms with Crippen LogP contribution in [0.4, 0.5) is 0 Å². The summed E-state index contributed by atoms with van der Waals surface area (Å²) in [6.45, 7) is 4.26. The number of amides is 2. The summed E-state index contributed by atoms with van der Waals surface area (Å²) in [5.41, 5.74) is -0.623. The molecule has 0 radical (unpaired) electrons. The first kappa shape index (κ1) is 20.2. The largest absolute Gasteiger partial charge is 0.342 e. The van der Waals surface area contributed by atoms with Gasteiger partial charge in [0, 0.05) is 20.0 Å². The van der Waals surface area contributed by atoms with E-state index in [1.807, 2.05) is 11.9 Å². The lowest BCUT2D eigenvalue weighted by Crippen LogP contribution is -2.61. The molecule has 134 valence electrons. The first-order valence-corrected chi connectivity index (χ1v) is 8.80. The van der Waals surface area contributed by atoms with Gasteiger partial charge in [0.1, 0.15) is 5.54 Å². The molecular weight excluding hydrogens is 314 g/mol. The molecule has 0 atom stereocenters. The Hall–Kier alpha value is -0.810. The average Bonchev–Trinajstić information content (AvgIpc) is 2.53. The molecule has 1 aliphatic carbocycles. The summed E-state index contributed by atoms with van der Waals surface area (Å²) in [7, 11) is 1.99. The molecule has 2 fully saturated rings. The molecule has 5 nitrogen and oxygen atoms in total. The number of hydrogen-bond acceptors (Lipinski definition) is 3. The molecule has 1 aliphatic heterocycles. The molecule has 2 aliphatic rings. The maximum atomic E-state index is 13.0. The van der Waals surface area contributed by atoms with Gasteiger partial charge in [0.05, 0.1) is 0 Å². The van der Waals surface area contributed by atoms with Gasteiger partial charge in [0.15, 0.2) is 0 Å². The molecular formula is C17H32ClN3O2. The molecule has 2 rings (SSSR count). The molecule has 2 N–H and O–H groups in total. The Morgan fingerprint density at radius 3 is 2.26 bits per heavy atom. The van der Waals surface area contributed by atoms with E-state index in [0.29, 0.717) is 0 Å². The Morgan fingerprint density at radius 1 is 1.13 bits per heavy atom. The lowest BCUT2D eigenvalue weighted by molar-refractivity contribution is -0.144. The number of nitrogens with zero attached hydrogens (tertiary/aromatic N) is 1. The normalized spacial score (nSPS) is 21.4. The van der Waals surface area contributed by atoms with Crippen LogP contribution in [0.2, 0.25) is 0 Å². The predicted molar refractivity (Wildman–Crippen MR) is 94.7 cm³/mol. The molecule has 1 saturated carbocycles. The summed E-state index contributed by atoms with van der Waals surface area (Å²) >= 11 is 0. The molecule has 1 saturated heterocycles. The van der Waals surface area contributed by atoms with E-state index in [1.54, 1.807) is 0 Å². The number of piperidine rings is 1. The fourth-order valence-corrected chi connectivity index (χ4v) is 3.96. The molecule has 0 aromatic rings. The molecule has 1 heterocycles. The molecule has 0 bridgehead atoms. The highest BCUT2D eigenvalue weighted by Crippen LogP contribution is 2.32. The Balaban J connectivity index is 0.00000264. The van der Waals surface area contributed by atoms with Crippen LogP contribution in [0, 0.1) is 5.92 Å². The van der Waals surface area contributed by atoms with Crippen molar-refractivity contribution in [2.45, 2.75) is 63.8 Å². The van der Waals surface area contributed by atoms with Crippen LogP contribution in [0.5, 0.6) is 0 Å². The van der Waals surface area contributed by atoms with Crippen molar-refractivity contribution in [3.8, 4) is 0 Å². The first-order valence-electron chi connectivity index (χ1n) is 8.80. The summed E-state index contributed by atoms with van der Waals surface area (Å²) in [6, 6.07) is 0. The van der Waals surface area contributed by atoms with Gasteiger partial charge in [-0.05, 0) is 51.6 Å². The van der Waals surface area contributed by atoms with Crippen molar-refractivity contribution in [1.29, 1.82) is 0 Å². The van der Waals surface area contributed by atoms with Gasteiger partial charge in [0.2, 0.25) is 11.8 Å². The van der Waals surface area contributed by atoms with E-state index < -0.39 is 5.54 Å². The highest BCUT2D eigenvalue weighted by Gasteiger charge is 2.43. The van der Waals surface area contributed by atoms with E-state index in [2.05, 4.69) is 10.6 Å². The van der Waals surface area contributed by atoms with Crippen molar-refractivity contribution in [3.63, 3.8) is 0 Å². The maximum absolute atomic E-state index is 13.0. The lowest BCUT2D eigenvalue weighted by atomic mass is 9.79.